The van der Waals surface area contributed by atoms with Crippen LogP contribution in [0.3, 0.4) is 0 Å². The van der Waals surface area contributed by atoms with E-state index < -0.39 is 11.0 Å². The van der Waals surface area contributed by atoms with Gasteiger partial charge < -0.3 is 14.5 Å². The van der Waals surface area contributed by atoms with Crippen LogP contribution >= 0.6 is 11.8 Å². The van der Waals surface area contributed by atoms with Gasteiger partial charge in [0.05, 0.1) is 16.4 Å². The van der Waals surface area contributed by atoms with Gasteiger partial charge in [0.1, 0.15) is 0 Å². The fourth-order valence-electron chi connectivity index (χ4n) is 3.72. The summed E-state index contributed by atoms with van der Waals surface area (Å²) < 4.78 is 5.00. The minimum atomic E-state index is -0.431. The van der Waals surface area contributed by atoms with E-state index in [1.807, 2.05) is 24.3 Å². The Morgan fingerprint density at radius 2 is 1.74 bits per heavy atom. The standard InChI is InChI=1S/C25H29N3O5S/c1-5-33-25(30)27-14-12-26(13-15-27)24(29)18(4)19-10-11-23(21(16-19)28(31)32)34-22-9-7-6-8-20(22)17(2)3/h6-11,16-17H,4-5,12-15H2,1-3H3. The lowest BCUT2D eigenvalue weighted by Gasteiger charge is -2.34. The van der Waals surface area contributed by atoms with Gasteiger partial charge in [0.25, 0.3) is 11.6 Å². The highest BCUT2D eigenvalue weighted by Crippen LogP contribution is 2.39. The molecule has 0 saturated carbocycles. The molecule has 0 unspecified atom stereocenters. The van der Waals surface area contributed by atoms with Gasteiger partial charge in [-0.3, -0.25) is 14.9 Å². The Bertz CT molecular complexity index is 1090. The lowest BCUT2D eigenvalue weighted by molar-refractivity contribution is -0.387. The van der Waals surface area contributed by atoms with Gasteiger partial charge in [-0.05, 0) is 36.1 Å². The largest absolute Gasteiger partial charge is 0.450 e. The smallest absolute Gasteiger partial charge is 0.409 e. The molecule has 1 saturated heterocycles. The number of nitrogens with zero attached hydrogens (tertiary/aromatic N) is 3. The molecular formula is C25H29N3O5S. The van der Waals surface area contributed by atoms with Crippen LogP contribution in [0.15, 0.2) is 58.8 Å². The van der Waals surface area contributed by atoms with Crippen LogP contribution in [-0.2, 0) is 9.53 Å². The molecule has 0 aromatic heterocycles. The Morgan fingerprint density at radius 3 is 2.35 bits per heavy atom. The summed E-state index contributed by atoms with van der Waals surface area (Å²) in [5.74, 6) is -0.0212. The Balaban J connectivity index is 1.76. The molecule has 3 rings (SSSR count). The third-order valence-electron chi connectivity index (χ3n) is 5.62. The van der Waals surface area contributed by atoms with Gasteiger partial charge in [-0.25, -0.2) is 4.79 Å². The summed E-state index contributed by atoms with van der Waals surface area (Å²) in [4.78, 5) is 40.9. The van der Waals surface area contributed by atoms with Crippen LogP contribution in [0.2, 0.25) is 0 Å². The number of ether oxygens (including phenoxy) is 1. The van der Waals surface area contributed by atoms with Crippen molar-refractivity contribution in [3.8, 4) is 0 Å². The van der Waals surface area contributed by atoms with E-state index in [1.54, 1.807) is 28.9 Å². The van der Waals surface area contributed by atoms with E-state index in [0.717, 1.165) is 10.5 Å². The molecule has 34 heavy (non-hydrogen) atoms. The van der Waals surface area contributed by atoms with Crippen LogP contribution < -0.4 is 0 Å². The van der Waals surface area contributed by atoms with Crippen molar-refractivity contribution in [1.82, 2.24) is 9.80 Å². The van der Waals surface area contributed by atoms with Gasteiger partial charge in [-0.15, -0.1) is 0 Å². The van der Waals surface area contributed by atoms with E-state index in [2.05, 4.69) is 20.4 Å². The zero-order valence-corrected chi connectivity index (χ0v) is 20.5. The lowest BCUT2D eigenvalue weighted by atomic mass is 10.0. The van der Waals surface area contributed by atoms with E-state index in [-0.39, 0.29) is 23.1 Å². The number of amides is 2. The van der Waals surface area contributed by atoms with Crippen molar-refractivity contribution in [3.05, 3.63) is 70.3 Å². The van der Waals surface area contributed by atoms with Crippen molar-refractivity contribution >= 4 is 35.0 Å². The van der Waals surface area contributed by atoms with Crippen LogP contribution in [0.4, 0.5) is 10.5 Å². The number of rotatable bonds is 7. The molecule has 0 spiro atoms. The Hall–Kier alpha value is -3.33. The van der Waals surface area contributed by atoms with Gasteiger partial charge in [0.2, 0.25) is 0 Å². The molecule has 0 radical (unpaired) electrons. The van der Waals surface area contributed by atoms with Gasteiger partial charge in [0.15, 0.2) is 0 Å². The Morgan fingerprint density at radius 1 is 1.09 bits per heavy atom. The number of hydrogen-bond acceptors (Lipinski definition) is 6. The maximum absolute atomic E-state index is 13.0. The topological polar surface area (TPSA) is 93.0 Å². The van der Waals surface area contributed by atoms with E-state index in [9.17, 15) is 19.7 Å². The van der Waals surface area contributed by atoms with E-state index in [1.165, 1.54) is 17.8 Å². The number of carbonyl (C=O) groups excluding carboxylic acids is 2. The highest BCUT2D eigenvalue weighted by atomic mass is 32.2. The molecule has 2 aromatic carbocycles. The number of hydrogen-bond donors (Lipinski definition) is 0. The summed E-state index contributed by atoms with van der Waals surface area (Å²) in [6.07, 6.45) is -0.392. The fraction of sp³-hybridized carbons (Fsp3) is 0.360. The predicted octanol–water partition coefficient (Wildman–Crippen LogP) is 5.18. The molecule has 1 heterocycles. The number of nitro groups is 1. The van der Waals surface area contributed by atoms with Crippen LogP contribution in [0.1, 0.15) is 37.8 Å². The maximum Gasteiger partial charge on any atom is 0.409 e. The zero-order valence-electron chi connectivity index (χ0n) is 19.7. The minimum absolute atomic E-state index is 0.0675. The van der Waals surface area contributed by atoms with Gasteiger partial charge in [0, 0.05) is 42.7 Å². The summed E-state index contributed by atoms with van der Waals surface area (Å²) in [7, 11) is 0. The summed E-state index contributed by atoms with van der Waals surface area (Å²) in [6, 6.07) is 12.6. The molecule has 2 amide bonds. The SMILES string of the molecule is C=C(C(=O)N1CCN(C(=O)OCC)CC1)c1ccc(Sc2ccccc2C(C)C)c([N+](=O)[O-])c1. The average molecular weight is 484 g/mol. The van der Waals surface area contributed by atoms with E-state index in [4.69, 9.17) is 4.74 Å². The normalized spacial score (nSPS) is 13.6. The Kier molecular flexibility index (Phi) is 8.33. The quantitative estimate of drug-likeness (QED) is 0.306. The van der Waals surface area contributed by atoms with Crippen molar-refractivity contribution in [2.45, 2.75) is 36.5 Å². The molecule has 0 atom stereocenters. The molecular weight excluding hydrogens is 454 g/mol. The summed E-state index contributed by atoms with van der Waals surface area (Å²) in [5, 5.41) is 11.8. The molecule has 9 heteroatoms. The third kappa shape index (κ3) is 5.77. The van der Waals surface area contributed by atoms with E-state index in [0.29, 0.717) is 43.2 Å². The maximum atomic E-state index is 13.0. The van der Waals surface area contributed by atoms with Gasteiger partial charge >= 0.3 is 6.09 Å². The molecule has 2 aromatic rings. The second-order valence-electron chi connectivity index (χ2n) is 8.19. The monoisotopic (exact) mass is 483 g/mol. The van der Waals surface area contributed by atoms with Crippen molar-refractivity contribution in [2.24, 2.45) is 0 Å². The summed E-state index contributed by atoms with van der Waals surface area (Å²) in [6.45, 7) is 11.5. The highest BCUT2D eigenvalue weighted by molar-refractivity contribution is 7.99. The number of piperazine rings is 1. The molecule has 0 bridgehead atoms. The van der Waals surface area contributed by atoms with Crippen molar-refractivity contribution in [3.63, 3.8) is 0 Å². The minimum Gasteiger partial charge on any atom is -0.450 e. The summed E-state index contributed by atoms with van der Waals surface area (Å²) >= 11 is 1.35. The fourth-order valence-corrected chi connectivity index (χ4v) is 4.90. The molecule has 180 valence electrons. The average Bonchev–Trinajstić information content (AvgIpc) is 2.83. The Labute approximate surface area is 203 Å². The summed E-state index contributed by atoms with van der Waals surface area (Å²) in [5.41, 5.74) is 1.65. The number of nitro benzene ring substituents is 1. The number of benzene rings is 2. The first-order valence-electron chi connectivity index (χ1n) is 11.2. The molecule has 0 N–H and O–H groups in total. The molecule has 1 fully saturated rings. The predicted molar refractivity (Wildman–Crippen MR) is 132 cm³/mol. The van der Waals surface area contributed by atoms with Crippen molar-refractivity contribution < 1.29 is 19.2 Å². The second kappa shape index (κ2) is 11.2. The van der Waals surface area contributed by atoms with E-state index >= 15 is 0 Å². The first-order valence-corrected chi connectivity index (χ1v) is 12.0. The second-order valence-corrected chi connectivity index (χ2v) is 9.27. The van der Waals surface area contributed by atoms with Gasteiger partial charge in [-0.2, -0.15) is 0 Å². The first-order chi connectivity index (χ1) is 16.2. The third-order valence-corrected chi connectivity index (χ3v) is 6.77. The molecule has 1 aliphatic rings. The van der Waals surface area contributed by atoms with Gasteiger partial charge in [-0.1, -0.05) is 56.5 Å². The van der Waals surface area contributed by atoms with Crippen LogP contribution in [-0.4, -0.2) is 59.5 Å². The van der Waals surface area contributed by atoms with Crippen LogP contribution in [0.25, 0.3) is 5.57 Å². The van der Waals surface area contributed by atoms with Crippen LogP contribution in [0.5, 0.6) is 0 Å². The highest BCUT2D eigenvalue weighted by Gasteiger charge is 2.27. The van der Waals surface area contributed by atoms with Crippen LogP contribution in [0, 0.1) is 10.1 Å². The molecule has 8 nitrogen and oxygen atoms in total. The zero-order chi connectivity index (χ0) is 24.8. The molecule has 1 aliphatic heterocycles. The molecule has 0 aliphatic carbocycles. The van der Waals surface area contributed by atoms with Crippen molar-refractivity contribution in [2.75, 3.05) is 32.8 Å². The number of carbonyl (C=O) groups is 2. The first kappa shape index (κ1) is 25.3. The lowest BCUT2D eigenvalue weighted by Crippen LogP contribution is -2.50. The van der Waals surface area contributed by atoms with Crippen molar-refractivity contribution in [1.29, 1.82) is 0 Å².